The van der Waals surface area contributed by atoms with E-state index in [1.54, 1.807) is 6.92 Å². The maximum Gasteiger partial charge on any atom is 0.289 e. The van der Waals surface area contributed by atoms with Crippen molar-refractivity contribution in [3.05, 3.63) is 33.9 Å². The molecule has 0 spiro atoms. The molecule has 0 heterocycles. The molecule has 0 bridgehead atoms. The van der Waals surface area contributed by atoms with Crippen LogP contribution < -0.4 is 4.72 Å². The highest BCUT2D eigenvalue weighted by Crippen LogP contribution is 2.26. The molecule has 0 radical (unpaired) electrons. The molecule has 8 heteroatoms. The van der Waals surface area contributed by atoms with Crippen molar-refractivity contribution in [2.75, 3.05) is 6.61 Å². The maximum atomic E-state index is 12.2. The van der Waals surface area contributed by atoms with Crippen molar-refractivity contribution in [2.24, 2.45) is 0 Å². The number of nitrogens with one attached hydrogen (secondary N) is 1. The Morgan fingerprint density at radius 1 is 1.47 bits per heavy atom. The lowest BCUT2D eigenvalue weighted by Gasteiger charge is -2.15. The van der Waals surface area contributed by atoms with E-state index in [-0.39, 0.29) is 17.1 Å². The Hall–Kier alpha value is -1.51. The molecule has 7 nitrogen and oxygen atoms in total. The van der Waals surface area contributed by atoms with E-state index in [1.165, 1.54) is 19.1 Å². The fourth-order valence-corrected chi connectivity index (χ4v) is 3.37. The Balaban J connectivity index is 3.32. The molecule has 1 aromatic rings. The van der Waals surface area contributed by atoms with Crippen LogP contribution in [-0.4, -0.2) is 31.1 Å². The Kier molecular flexibility index (Phi) is 4.98. The number of rotatable bonds is 6. The van der Waals surface area contributed by atoms with Gasteiger partial charge in [0.1, 0.15) is 0 Å². The zero-order valence-corrected chi connectivity index (χ0v) is 11.5. The van der Waals surface area contributed by atoms with Crippen molar-refractivity contribution in [2.45, 2.75) is 31.2 Å². The van der Waals surface area contributed by atoms with Gasteiger partial charge >= 0.3 is 0 Å². The molecule has 1 aromatic carbocycles. The van der Waals surface area contributed by atoms with Gasteiger partial charge in [0, 0.05) is 12.1 Å². The highest BCUT2D eigenvalue weighted by atomic mass is 32.2. The first-order chi connectivity index (χ1) is 8.83. The Labute approximate surface area is 111 Å². The molecule has 1 atom stereocenters. The van der Waals surface area contributed by atoms with Crippen molar-refractivity contribution in [3.8, 4) is 0 Å². The van der Waals surface area contributed by atoms with Crippen LogP contribution in [0.5, 0.6) is 0 Å². The van der Waals surface area contributed by atoms with Gasteiger partial charge in [0.15, 0.2) is 4.90 Å². The highest BCUT2D eigenvalue weighted by molar-refractivity contribution is 7.89. The van der Waals surface area contributed by atoms with Crippen LogP contribution in [0.3, 0.4) is 0 Å². The van der Waals surface area contributed by atoms with E-state index in [9.17, 15) is 18.5 Å². The number of hydrogen-bond acceptors (Lipinski definition) is 5. The SMILES string of the molecule is CCC(CO)NS(=O)(=O)c1c(C)cccc1[N+](=O)[O-]. The largest absolute Gasteiger partial charge is 0.395 e. The van der Waals surface area contributed by atoms with Crippen molar-refractivity contribution in [3.63, 3.8) is 0 Å². The molecule has 2 N–H and O–H groups in total. The minimum absolute atomic E-state index is 0.287. The summed E-state index contributed by atoms with van der Waals surface area (Å²) < 4.78 is 26.6. The first-order valence-electron chi connectivity index (χ1n) is 5.70. The molecule has 0 aliphatic rings. The van der Waals surface area contributed by atoms with E-state index in [0.717, 1.165) is 6.07 Å². The lowest BCUT2D eigenvalue weighted by atomic mass is 10.2. The first-order valence-corrected chi connectivity index (χ1v) is 7.19. The van der Waals surface area contributed by atoms with E-state index >= 15 is 0 Å². The van der Waals surface area contributed by atoms with E-state index in [4.69, 9.17) is 5.11 Å². The second-order valence-electron chi connectivity index (χ2n) is 4.09. The summed E-state index contributed by atoms with van der Waals surface area (Å²) in [5.41, 5.74) is -0.185. The van der Waals surface area contributed by atoms with Crippen LogP contribution in [0, 0.1) is 17.0 Å². The number of sulfonamides is 1. The number of nitrogens with zero attached hydrogens (tertiary/aromatic N) is 1. The molecule has 1 unspecified atom stereocenters. The molecule has 0 saturated carbocycles. The molecule has 0 amide bonds. The number of hydrogen-bond donors (Lipinski definition) is 2. The molecular weight excluding hydrogens is 272 g/mol. The summed E-state index contributed by atoms with van der Waals surface area (Å²) in [4.78, 5) is 9.82. The van der Waals surface area contributed by atoms with Crippen molar-refractivity contribution in [1.29, 1.82) is 0 Å². The zero-order valence-electron chi connectivity index (χ0n) is 10.7. The highest BCUT2D eigenvalue weighted by Gasteiger charge is 2.29. The molecule has 0 fully saturated rings. The smallest absolute Gasteiger partial charge is 0.289 e. The lowest BCUT2D eigenvalue weighted by molar-refractivity contribution is -0.387. The number of benzene rings is 1. The normalized spacial score (nSPS) is 13.2. The van der Waals surface area contributed by atoms with Gasteiger partial charge in [-0.05, 0) is 18.9 Å². The van der Waals surface area contributed by atoms with Crippen LogP contribution in [0.2, 0.25) is 0 Å². The summed E-state index contributed by atoms with van der Waals surface area (Å²) in [7, 11) is -4.04. The van der Waals surface area contributed by atoms with E-state index in [0.29, 0.717) is 6.42 Å². The van der Waals surface area contributed by atoms with E-state index in [1.807, 2.05) is 0 Å². The summed E-state index contributed by atoms with van der Waals surface area (Å²) in [6.07, 6.45) is 0.384. The third-order valence-electron chi connectivity index (χ3n) is 2.69. The monoisotopic (exact) mass is 288 g/mol. The first kappa shape index (κ1) is 15.5. The average molecular weight is 288 g/mol. The molecule has 0 aliphatic carbocycles. The fourth-order valence-electron chi connectivity index (χ4n) is 1.66. The summed E-state index contributed by atoms with van der Waals surface area (Å²) in [6, 6.07) is 3.39. The molecular formula is C11H16N2O5S. The molecule has 106 valence electrons. The van der Waals surface area contributed by atoms with Gasteiger partial charge in [-0.3, -0.25) is 10.1 Å². The topological polar surface area (TPSA) is 110 Å². The fraction of sp³-hybridized carbons (Fsp3) is 0.455. The number of aryl methyl sites for hydroxylation is 1. The predicted molar refractivity (Wildman–Crippen MR) is 69.3 cm³/mol. The molecule has 19 heavy (non-hydrogen) atoms. The Morgan fingerprint density at radius 3 is 2.58 bits per heavy atom. The van der Waals surface area contributed by atoms with Crippen LogP contribution in [0.25, 0.3) is 0 Å². The lowest BCUT2D eigenvalue weighted by Crippen LogP contribution is -2.37. The van der Waals surface area contributed by atoms with Gasteiger partial charge in [-0.25, -0.2) is 13.1 Å². The molecule has 1 rings (SSSR count). The number of aliphatic hydroxyl groups is 1. The van der Waals surface area contributed by atoms with Crippen molar-refractivity contribution >= 4 is 15.7 Å². The second kappa shape index (κ2) is 6.09. The van der Waals surface area contributed by atoms with Crippen LogP contribution in [0.1, 0.15) is 18.9 Å². The van der Waals surface area contributed by atoms with Crippen molar-refractivity contribution < 1.29 is 18.4 Å². The summed E-state index contributed by atoms with van der Waals surface area (Å²) >= 11 is 0. The standard InChI is InChI=1S/C11H16N2O5S/c1-3-9(7-14)12-19(17,18)11-8(2)5-4-6-10(11)13(15)16/h4-6,9,12,14H,3,7H2,1-2H3. The van der Waals surface area contributed by atoms with E-state index in [2.05, 4.69) is 4.72 Å². The number of nitro benzene ring substituents is 1. The summed E-state index contributed by atoms with van der Waals surface area (Å²) in [5, 5.41) is 19.9. The number of aliphatic hydroxyl groups excluding tert-OH is 1. The van der Waals surface area contributed by atoms with Crippen LogP contribution >= 0.6 is 0 Å². The Morgan fingerprint density at radius 2 is 2.11 bits per heavy atom. The second-order valence-corrected chi connectivity index (χ2v) is 5.74. The average Bonchev–Trinajstić information content (AvgIpc) is 2.35. The zero-order chi connectivity index (χ0) is 14.6. The van der Waals surface area contributed by atoms with Crippen LogP contribution in [0.15, 0.2) is 23.1 Å². The Bertz CT molecular complexity index is 566. The van der Waals surface area contributed by atoms with Crippen molar-refractivity contribution in [1.82, 2.24) is 4.72 Å². The third kappa shape index (κ3) is 3.49. The van der Waals surface area contributed by atoms with Gasteiger partial charge in [0.2, 0.25) is 10.0 Å². The van der Waals surface area contributed by atoms with Crippen LogP contribution in [0.4, 0.5) is 5.69 Å². The maximum absolute atomic E-state index is 12.2. The van der Waals surface area contributed by atoms with E-state index < -0.39 is 26.7 Å². The summed E-state index contributed by atoms with van der Waals surface area (Å²) in [6.45, 7) is 2.83. The van der Waals surface area contributed by atoms with Gasteiger partial charge in [-0.15, -0.1) is 0 Å². The van der Waals surface area contributed by atoms with Gasteiger partial charge in [-0.1, -0.05) is 19.1 Å². The quantitative estimate of drug-likeness (QED) is 0.598. The molecule has 0 saturated heterocycles. The minimum Gasteiger partial charge on any atom is -0.395 e. The minimum atomic E-state index is -4.04. The molecule has 0 aromatic heterocycles. The van der Waals surface area contributed by atoms with Gasteiger partial charge in [-0.2, -0.15) is 0 Å². The predicted octanol–water partition coefficient (Wildman–Crippen LogP) is 0.952. The number of nitro groups is 1. The summed E-state index contributed by atoms with van der Waals surface area (Å²) in [5.74, 6) is 0. The van der Waals surface area contributed by atoms with Crippen LogP contribution in [-0.2, 0) is 10.0 Å². The van der Waals surface area contributed by atoms with Gasteiger partial charge < -0.3 is 5.11 Å². The third-order valence-corrected chi connectivity index (χ3v) is 4.40. The van der Waals surface area contributed by atoms with Gasteiger partial charge in [0.05, 0.1) is 11.5 Å². The van der Waals surface area contributed by atoms with Gasteiger partial charge in [0.25, 0.3) is 5.69 Å². The molecule has 0 aliphatic heterocycles.